The van der Waals surface area contributed by atoms with Crippen LogP contribution in [0.5, 0.6) is 0 Å². The molecule has 1 saturated carbocycles. The van der Waals surface area contributed by atoms with Gasteiger partial charge in [0.25, 0.3) is 0 Å². The molecule has 1 N–H and O–H groups in total. The summed E-state index contributed by atoms with van der Waals surface area (Å²) in [6, 6.07) is 6.07. The van der Waals surface area contributed by atoms with Gasteiger partial charge in [0, 0.05) is 19.5 Å². The van der Waals surface area contributed by atoms with Crippen molar-refractivity contribution in [3.8, 4) is 0 Å². The number of carbonyl (C=O) groups is 4. The SMILES string of the molecule is COC(=O)C1CC(OC(=O)N2Cc3ccccc3C2)CN1C(=O)C(NC(=O)OC(C)(C)C)C1CCCCC1. The average molecular weight is 530 g/mol. The molecule has 10 heteroatoms. The van der Waals surface area contributed by atoms with Crippen molar-refractivity contribution in [2.45, 2.75) is 96.2 Å². The number of alkyl carbamates (subject to hydrolysis) is 1. The number of nitrogens with one attached hydrogen (secondary N) is 1. The van der Waals surface area contributed by atoms with Gasteiger partial charge in [-0.05, 0) is 50.7 Å². The van der Waals surface area contributed by atoms with Crippen LogP contribution >= 0.6 is 0 Å². The molecular formula is C28H39N3O7. The monoisotopic (exact) mass is 529 g/mol. The normalized spacial score (nSPS) is 22.4. The maximum absolute atomic E-state index is 13.9. The number of fused-ring (bicyclic) bond motifs is 1. The van der Waals surface area contributed by atoms with Crippen LogP contribution in [0.1, 0.15) is 70.4 Å². The molecule has 3 amide bonds. The first-order valence-corrected chi connectivity index (χ1v) is 13.5. The van der Waals surface area contributed by atoms with Crippen molar-refractivity contribution in [1.82, 2.24) is 15.1 Å². The summed E-state index contributed by atoms with van der Waals surface area (Å²) >= 11 is 0. The van der Waals surface area contributed by atoms with Crippen molar-refractivity contribution in [2.24, 2.45) is 5.92 Å². The van der Waals surface area contributed by atoms with Crippen LogP contribution in [-0.2, 0) is 36.9 Å². The number of ether oxygens (including phenoxy) is 3. The van der Waals surface area contributed by atoms with Crippen molar-refractivity contribution in [3.63, 3.8) is 0 Å². The van der Waals surface area contributed by atoms with Gasteiger partial charge in [0.05, 0.1) is 13.7 Å². The second kappa shape index (κ2) is 11.6. The minimum absolute atomic E-state index is 0.0460. The Labute approximate surface area is 223 Å². The van der Waals surface area contributed by atoms with Gasteiger partial charge in [-0.2, -0.15) is 0 Å². The molecule has 2 heterocycles. The quantitative estimate of drug-likeness (QED) is 0.456. The molecule has 3 aliphatic rings. The van der Waals surface area contributed by atoms with E-state index < -0.39 is 41.9 Å². The van der Waals surface area contributed by atoms with Crippen LogP contribution in [0.3, 0.4) is 0 Å². The lowest BCUT2D eigenvalue weighted by atomic mass is 9.83. The van der Waals surface area contributed by atoms with Gasteiger partial charge in [0.2, 0.25) is 5.91 Å². The first kappa shape index (κ1) is 27.7. The van der Waals surface area contributed by atoms with Gasteiger partial charge in [-0.15, -0.1) is 0 Å². The van der Waals surface area contributed by atoms with Gasteiger partial charge in [-0.25, -0.2) is 14.4 Å². The summed E-state index contributed by atoms with van der Waals surface area (Å²) in [6.07, 6.45) is 2.88. The van der Waals surface area contributed by atoms with E-state index in [-0.39, 0.29) is 24.8 Å². The van der Waals surface area contributed by atoms with Crippen molar-refractivity contribution in [3.05, 3.63) is 35.4 Å². The van der Waals surface area contributed by atoms with E-state index >= 15 is 0 Å². The summed E-state index contributed by atoms with van der Waals surface area (Å²) < 4.78 is 16.2. The van der Waals surface area contributed by atoms with E-state index in [1.165, 1.54) is 12.0 Å². The zero-order valence-electron chi connectivity index (χ0n) is 22.7. The second-order valence-corrected chi connectivity index (χ2v) is 11.4. The number of nitrogens with zero attached hydrogens (tertiary/aromatic N) is 2. The van der Waals surface area contributed by atoms with Crippen molar-refractivity contribution in [1.29, 1.82) is 0 Å². The van der Waals surface area contributed by atoms with Gasteiger partial charge in [0.15, 0.2) is 0 Å². The van der Waals surface area contributed by atoms with Crippen LogP contribution in [0, 0.1) is 5.92 Å². The van der Waals surface area contributed by atoms with Gasteiger partial charge in [0.1, 0.15) is 23.8 Å². The number of rotatable bonds is 5. The summed E-state index contributed by atoms with van der Waals surface area (Å²) in [5.41, 5.74) is 1.42. The molecule has 1 aromatic carbocycles. The summed E-state index contributed by atoms with van der Waals surface area (Å²) in [5.74, 6) is -1.04. The second-order valence-electron chi connectivity index (χ2n) is 11.4. The molecule has 0 radical (unpaired) electrons. The van der Waals surface area contributed by atoms with E-state index in [2.05, 4.69) is 5.32 Å². The van der Waals surface area contributed by atoms with Crippen LogP contribution in [0.2, 0.25) is 0 Å². The third-order valence-electron chi connectivity index (χ3n) is 7.45. The van der Waals surface area contributed by atoms with Gasteiger partial charge in [-0.1, -0.05) is 43.5 Å². The highest BCUT2D eigenvalue weighted by molar-refractivity contribution is 5.90. The number of likely N-dealkylation sites (tertiary alicyclic amines) is 1. The van der Waals surface area contributed by atoms with Gasteiger partial charge < -0.3 is 24.4 Å². The molecular weight excluding hydrogens is 490 g/mol. The Balaban J connectivity index is 1.47. The third kappa shape index (κ3) is 6.57. The molecule has 0 aromatic heterocycles. The van der Waals surface area contributed by atoms with Crippen molar-refractivity contribution in [2.75, 3.05) is 13.7 Å². The Morgan fingerprint density at radius 1 is 1.00 bits per heavy atom. The Hall–Kier alpha value is -3.30. The number of benzene rings is 1. The predicted molar refractivity (Wildman–Crippen MR) is 138 cm³/mol. The van der Waals surface area contributed by atoms with E-state index in [0.717, 1.165) is 43.2 Å². The van der Waals surface area contributed by atoms with Crippen molar-refractivity contribution < 1.29 is 33.4 Å². The molecule has 1 saturated heterocycles. The lowest BCUT2D eigenvalue weighted by molar-refractivity contribution is -0.152. The zero-order valence-corrected chi connectivity index (χ0v) is 22.7. The number of carbonyl (C=O) groups excluding carboxylic acids is 4. The minimum Gasteiger partial charge on any atom is -0.467 e. The molecule has 4 rings (SSSR count). The summed E-state index contributed by atoms with van der Waals surface area (Å²) in [4.78, 5) is 55.3. The van der Waals surface area contributed by atoms with Gasteiger partial charge in [-0.3, -0.25) is 9.69 Å². The maximum atomic E-state index is 13.9. The number of esters is 1. The number of amides is 3. The minimum atomic E-state index is -0.910. The Morgan fingerprint density at radius 2 is 1.63 bits per heavy atom. The fraction of sp³-hybridized carbons (Fsp3) is 0.643. The highest BCUT2D eigenvalue weighted by atomic mass is 16.6. The first-order chi connectivity index (χ1) is 18.1. The molecule has 1 aromatic rings. The lowest BCUT2D eigenvalue weighted by Crippen LogP contribution is -2.55. The smallest absolute Gasteiger partial charge is 0.410 e. The van der Waals surface area contributed by atoms with Crippen LogP contribution in [0.15, 0.2) is 24.3 Å². The standard InChI is InChI=1S/C28H39N3O7/c1-28(2,3)38-26(34)29-23(18-10-6-5-7-11-18)24(32)31-17-21(14-22(31)25(33)36-4)37-27(35)30-15-19-12-8-9-13-20(19)16-30/h8-9,12-13,18,21-23H,5-7,10-11,14-17H2,1-4H3,(H,29,34). The van der Waals surface area contributed by atoms with Crippen molar-refractivity contribution >= 4 is 24.1 Å². The summed E-state index contributed by atoms with van der Waals surface area (Å²) in [6.45, 7) is 6.23. The Bertz CT molecular complexity index is 1020. The Morgan fingerprint density at radius 3 is 2.21 bits per heavy atom. The number of methoxy groups -OCH3 is 1. The molecule has 3 atom stereocenters. The van der Waals surface area contributed by atoms with E-state index in [1.54, 1.807) is 25.7 Å². The summed E-state index contributed by atoms with van der Waals surface area (Å²) in [7, 11) is 1.27. The van der Waals surface area contributed by atoms with E-state index in [4.69, 9.17) is 14.2 Å². The predicted octanol–water partition coefficient (Wildman–Crippen LogP) is 3.75. The fourth-order valence-corrected chi connectivity index (χ4v) is 5.63. The van der Waals surface area contributed by atoms with E-state index in [9.17, 15) is 19.2 Å². The Kier molecular flexibility index (Phi) is 8.47. The first-order valence-electron chi connectivity index (χ1n) is 13.5. The molecule has 1 aliphatic carbocycles. The van der Waals surface area contributed by atoms with Crippen LogP contribution in [-0.4, -0.2) is 71.3 Å². The molecule has 38 heavy (non-hydrogen) atoms. The van der Waals surface area contributed by atoms with E-state index in [0.29, 0.717) is 13.1 Å². The van der Waals surface area contributed by atoms with E-state index in [1.807, 2.05) is 24.3 Å². The molecule has 3 unspecified atom stereocenters. The van der Waals surface area contributed by atoms with Crippen LogP contribution < -0.4 is 5.32 Å². The molecule has 10 nitrogen and oxygen atoms in total. The highest BCUT2D eigenvalue weighted by Gasteiger charge is 2.46. The lowest BCUT2D eigenvalue weighted by Gasteiger charge is -2.34. The highest BCUT2D eigenvalue weighted by Crippen LogP contribution is 2.31. The average Bonchev–Trinajstić information content (AvgIpc) is 3.50. The number of hydrogen-bond acceptors (Lipinski definition) is 7. The molecule has 2 fully saturated rings. The molecule has 0 spiro atoms. The molecule has 2 aliphatic heterocycles. The van der Waals surface area contributed by atoms with Gasteiger partial charge >= 0.3 is 18.2 Å². The molecule has 0 bridgehead atoms. The summed E-state index contributed by atoms with van der Waals surface area (Å²) in [5, 5.41) is 2.79. The number of hydrogen-bond donors (Lipinski definition) is 1. The van der Waals surface area contributed by atoms with Crippen LogP contribution in [0.4, 0.5) is 9.59 Å². The third-order valence-corrected chi connectivity index (χ3v) is 7.45. The topological polar surface area (TPSA) is 114 Å². The molecule has 208 valence electrons. The van der Waals surface area contributed by atoms with Crippen LogP contribution in [0.25, 0.3) is 0 Å². The zero-order chi connectivity index (χ0) is 27.4. The fourth-order valence-electron chi connectivity index (χ4n) is 5.63. The maximum Gasteiger partial charge on any atom is 0.410 e. The largest absolute Gasteiger partial charge is 0.467 e.